The van der Waals surface area contributed by atoms with Crippen LogP contribution in [0.5, 0.6) is 5.75 Å². The number of hydrogen-bond acceptors (Lipinski definition) is 6. The maximum atomic E-state index is 13.3. The van der Waals surface area contributed by atoms with Crippen LogP contribution < -0.4 is 15.6 Å². The van der Waals surface area contributed by atoms with Crippen LogP contribution in [0.1, 0.15) is 61.6 Å². The van der Waals surface area contributed by atoms with Crippen LogP contribution in [0.2, 0.25) is 0 Å². The molecular weight excluding hydrogens is 458 g/mol. The molecule has 1 aliphatic carbocycles. The second kappa shape index (κ2) is 10.5. The molecule has 1 atom stereocenters. The summed E-state index contributed by atoms with van der Waals surface area (Å²) in [6.07, 6.45) is 4.24. The van der Waals surface area contributed by atoms with Gasteiger partial charge in [0.25, 0.3) is 5.56 Å². The van der Waals surface area contributed by atoms with Crippen molar-refractivity contribution in [3.8, 4) is 5.75 Å². The fourth-order valence-electron chi connectivity index (χ4n) is 4.65. The zero-order valence-corrected chi connectivity index (χ0v) is 20.6. The first kappa shape index (κ1) is 23.4. The van der Waals surface area contributed by atoms with Gasteiger partial charge < -0.3 is 15.0 Å². The van der Waals surface area contributed by atoms with Gasteiger partial charge in [0.15, 0.2) is 10.9 Å². The number of aromatic amines is 1. The number of unbranched alkanes of at least 4 members (excludes halogenated alkanes) is 1. The lowest BCUT2D eigenvalue weighted by Crippen LogP contribution is -2.32. The van der Waals surface area contributed by atoms with Gasteiger partial charge in [-0.15, -0.1) is 0 Å². The molecule has 0 saturated carbocycles. The summed E-state index contributed by atoms with van der Waals surface area (Å²) in [5.74, 6) is 1.86. The van der Waals surface area contributed by atoms with Gasteiger partial charge in [0.2, 0.25) is 0 Å². The van der Waals surface area contributed by atoms with E-state index in [1.807, 2.05) is 54.6 Å². The Morgan fingerprint density at radius 2 is 1.86 bits per heavy atom. The first-order chi connectivity index (χ1) is 17.1. The predicted octanol–water partition coefficient (Wildman–Crippen LogP) is 5.81. The van der Waals surface area contributed by atoms with E-state index in [-0.39, 0.29) is 11.3 Å². The highest BCUT2D eigenvalue weighted by molar-refractivity contribution is 7.99. The molecule has 0 saturated heterocycles. The van der Waals surface area contributed by atoms with Crippen molar-refractivity contribution in [2.75, 3.05) is 11.1 Å². The summed E-state index contributed by atoms with van der Waals surface area (Å²) in [5.41, 5.74) is 3.89. The SMILES string of the molecule is CCCCSc1nc2c(c(=O)[nH]1)C(c1ccc(OCc3ccccc3)cc1)C1=C(CCCC1=O)N2. The predicted molar refractivity (Wildman–Crippen MR) is 139 cm³/mol. The number of ketones is 1. The van der Waals surface area contributed by atoms with E-state index < -0.39 is 5.92 Å². The lowest BCUT2D eigenvalue weighted by atomic mass is 9.76. The molecule has 1 aromatic heterocycles. The van der Waals surface area contributed by atoms with Gasteiger partial charge in [-0.2, -0.15) is 0 Å². The number of hydrogen-bond donors (Lipinski definition) is 2. The van der Waals surface area contributed by atoms with Crippen LogP contribution in [0.25, 0.3) is 0 Å². The van der Waals surface area contributed by atoms with Crippen molar-refractivity contribution in [1.82, 2.24) is 9.97 Å². The van der Waals surface area contributed by atoms with Crippen molar-refractivity contribution in [3.63, 3.8) is 0 Å². The Balaban J connectivity index is 1.47. The lowest BCUT2D eigenvalue weighted by molar-refractivity contribution is -0.116. The van der Waals surface area contributed by atoms with E-state index in [0.29, 0.717) is 35.1 Å². The van der Waals surface area contributed by atoms with Crippen molar-refractivity contribution in [3.05, 3.63) is 92.9 Å². The van der Waals surface area contributed by atoms with Crippen LogP contribution in [0.3, 0.4) is 0 Å². The molecule has 1 aliphatic heterocycles. The van der Waals surface area contributed by atoms with E-state index in [0.717, 1.165) is 54.0 Å². The second-order valence-electron chi connectivity index (χ2n) is 8.91. The molecule has 0 radical (unpaired) electrons. The number of anilines is 1. The van der Waals surface area contributed by atoms with Crippen molar-refractivity contribution >= 4 is 23.4 Å². The number of ether oxygens (including phenoxy) is 1. The Morgan fingerprint density at radius 3 is 2.63 bits per heavy atom. The number of carbonyl (C=O) groups is 1. The molecule has 35 heavy (non-hydrogen) atoms. The monoisotopic (exact) mass is 487 g/mol. The molecule has 1 unspecified atom stereocenters. The highest BCUT2D eigenvalue weighted by Crippen LogP contribution is 2.43. The van der Waals surface area contributed by atoms with Crippen molar-refractivity contribution in [2.24, 2.45) is 0 Å². The highest BCUT2D eigenvalue weighted by atomic mass is 32.2. The van der Waals surface area contributed by atoms with Crippen LogP contribution >= 0.6 is 11.8 Å². The molecule has 0 spiro atoms. The molecule has 0 fully saturated rings. The third kappa shape index (κ3) is 5.05. The molecule has 2 heterocycles. The third-order valence-electron chi connectivity index (χ3n) is 6.43. The smallest absolute Gasteiger partial charge is 0.257 e. The quantitative estimate of drug-likeness (QED) is 0.237. The largest absolute Gasteiger partial charge is 0.489 e. The molecule has 5 rings (SSSR count). The number of carbonyl (C=O) groups excluding carboxylic acids is 1. The Kier molecular flexibility index (Phi) is 7.04. The van der Waals surface area contributed by atoms with Gasteiger partial charge in [-0.3, -0.25) is 9.59 Å². The molecule has 7 heteroatoms. The summed E-state index contributed by atoms with van der Waals surface area (Å²) < 4.78 is 5.94. The molecular formula is C28H29N3O3S. The fraction of sp³-hybridized carbons (Fsp3) is 0.321. The zero-order valence-electron chi connectivity index (χ0n) is 19.8. The van der Waals surface area contributed by atoms with Crippen LogP contribution in [0.4, 0.5) is 5.82 Å². The normalized spacial score (nSPS) is 16.9. The van der Waals surface area contributed by atoms with Gasteiger partial charge in [0, 0.05) is 29.4 Å². The molecule has 180 valence electrons. The number of allylic oxidation sites excluding steroid dienone is 2. The first-order valence-electron chi connectivity index (χ1n) is 12.2. The van der Waals surface area contributed by atoms with E-state index in [1.165, 1.54) is 0 Å². The third-order valence-corrected chi connectivity index (χ3v) is 7.39. The van der Waals surface area contributed by atoms with Gasteiger partial charge in [-0.25, -0.2) is 4.98 Å². The van der Waals surface area contributed by atoms with Crippen molar-refractivity contribution < 1.29 is 9.53 Å². The van der Waals surface area contributed by atoms with E-state index in [4.69, 9.17) is 9.72 Å². The number of rotatable bonds is 8. The van der Waals surface area contributed by atoms with E-state index >= 15 is 0 Å². The first-order valence-corrected chi connectivity index (χ1v) is 13.2. The molecule has 0 amide bonds. The summed E-state index contributed by atoms with van der Waals surface area (Å²) in [4.78, 5) is 34.0. The summed E-state index contributed by atoms with van der Waals surface area (Å²) in [6.45, 7) is 2.62. The van der Waals surface area contributed by atoms with Crippen molar-refractivity contribution in [2.45, 2.75) is 56.7 Å². The summed E-state index contributed by atoms with van der Waals surface area (Å²) in [5, 5.41) is 3.96. The van der Waals surface area contributed by atoms with E-state index in [9.17, 15) is 9.59 Å². The second-order valence-corrected chi connectivity index (χ2v) is 9.99. The van der Waals surface area contributed by atoms with Crippen LogP contribution in [0, 0.1) is 0 Å². The van der Waals surface area contributed by atoms with E-state index in [1.54, 1.807) is 11.8 Å². The summed E-state index contributed by atoms with van der Waals surface area (Å²) in [7, 11) is 0. The molecule has 3 aromatic rings. The highest BCUT2D eigenvalue weighted by Gasteiger charge is 2.37. The van der Waals surface area contributed by atoms with E-state index in [2.05, 4.69) is 17.2 Å². The number of nitrogens with one attached hydrogen (secondary N) is 2. The summed E-state index contributed by atoms with van der Waals surface area (Å²) in [6, 6.07) is 17.7. The standard InChI is InChI=1S/C28H29N3O3S/c1-2-3-16-35-28-30-26-25(27(33)31-28)23(24-21(29-26)10-7-11-22(24)32)19-12-14-20(15-13-19)34-17-18-8-5-4-6-9-18/h4-6,8-9,12-15,23H,2-3,7,10-11,16-17H2,1H3,(H2,29,30,31,33). The minimum absolute atomic E-state index is 0.0969. The van der Waals surface area contributed by atoms with Gasteiger partial charge in [-0.1, -0.05) is 67.6 Å². The van der Waals surface area contributed by atoms with Gasteiger partial charge in [-0.05, 0) is 42.5 Å². The number of Topliss-reactive ketones (excluding diaryl/α,β-unsaturated/α-hetero) is 1. The minimum Gasteiger partial charge on any atom is -0.489 e. The molecule has 0 bridgehead atoms. The van der Waals surface area contributed by atoms with Crippen molar-refractivity contribution in [1.29, 1.82) is 0 Å². The average Bonchev–Trinajstić information content (AvgIpc) is 2.88. The molecule has 2 aromatic carbocycles. The number of benzene rings is 2. The van der Waals surface area contributed by atoms with Gasteiger partial charge in [0.1, 0.15) is 18.2 Å². The number of fused-ring (bicyclic) bond motifs is 1. The Hall–Kier alpha value is -3.32. The minimum atomic E-state index is -0.442. The topological polar surface area (TPSA) is 84.1 Å². The van der Waals surface area contributed by atoms with Crippen LogP contribution in [-0.4, -0.2) is 21.5 Å². The zero-order chi connectivity index (χ0) is 24.2. The number of thioether (sulfide) groups is 1. The Morgan fingerprint density at radius 1 is 1.06 bits per heavy atom. The molecule has 2 N–H and O–H groups in total. The maximum absolute atomic E-state index is 13.3. The Labute approximate surface area is 209 Å². The number of aromatic nitrogens is 2. The van der Waals surface area contributed by atoms with Gasteiger partial charge in [0.05, 0.1) is 5.56 Å². The number of nitrogens with zero attached hydrogens (tertiary/aromatic N) is 1. The van der Waals surface area contributed by atoms with Crippen LogP contribution in [0.15, 0.2) is 75.8 Å². The van der Waals surface area contributed by atoms with Gasteiger partial charge >= 0.3 is 0 Å². The maximum Gasteiger partial charge on any atom is 0.257 e. The number of H-pyrrole nitrogens is 1. The van der Waals surface area contributed by atoms with Crippen LogP contribution in [-0.2, 0) is 11.4 Å². The molecule has 6 nitrogen and oxygen atoms in total. The Bertz CT molecular complexity index is 1300. The fourth-order valence-corrected chi connectivity index (χ4v) is 5.60. The lowest BCUT2D eigenvalue weighted by Gasteiger charge is -2.32. The molecule has 2 aliphatic rings. The average molecular weight is 488 g/mol. The summed E-state index contributed by atoms with van der Waals surface area (Å²) >= 11 is 1.56.